The molecule has 2 aromatic carbocycles. The molecule has 1 aliphatic rings. The van der Waals surface area contributed by atoms with E-state index in [1.54, 1.807) is 0 Å². The van der Waals surface area contributed by atoms with Crippen LogP contribution in [-0.2, 0) is 4.74 Å². The van der Waals surface area contributed by atoms with Crippen molar-refractivity contribution in [3.8, 4) is 28.1 Å². The fourth-order valence-electron chi connectivity index (χ4n) is 3.91. The highest BCUT2D eigenvalue weighted by Gasteiger charge is 2.33. The van der Waals surface area contributed by atoms with Crippen LogP contribution in [0, 0.1) is 0 Å². The minimum absolute atomic E-state index is 0.146. The molecule has 0 saturated carbocycles. The van der Waals surface area contributed by atoms with Gasteiger partial charge in [0, 0.05) is 11.8 Å². The first-order valence-electron chi connectivity index (χ1n) is 10.2. The van der Waals surface area contributed by atoms with Crippen LogP contribution in [-0.4, -0.2) is 33.3 Å². The number of rotatable bonds is 5. The van der Waals surface area contributed by atoms with Gasteiger partial charge in [0.15, 0.2) is 0 Å². The number of pyridine rings is 1. The first kappa shape index (κ1) is 18.9. The van der Waals surface area contributed by atoms with Crippen LogP contribution >= 0.6 is 0 Å². The molecule has 152 valence electrons. The number of imidazole rings is 1. The summed E-state index contributed by atoms with van der Waals surface area (Å²) in [5, 5.41) is 10.1. The SMILES string of the molecule is CC(C)Oc1ccc(-c2cnc3ccc(-c4ccccc4C4OCC4O)cn23)cc1. The number of ether oxygens (including phenoxy) is 2. The summed E-state index contributed by atoms with van der Waals surface area (Å²) >= 11 is 0. The molecule has 4 aromatic rings. The largest absolute Gasteiger partial charge is 0.491 e. The highest BCUT2D eigenvalue weighted by atomic mass is 16.5. The van der Waals surface area contributed by atoms with E-state index < -0.39 is 6.10 Å². The Morgan fingerprint density at radius 3 is 2.50 bits per heavy atom. The van der Waals surface area contributed by atoms with Gasteiger partial charge < -0.3 is 14.6 Å². The Balaban J connectivity index is 1.55. The Bertz CT molecular complexity index is 1180. The van der Waals surface area contributed by atoms with E-state index in [1.165, 1.54) is 0 Å². The Morgan fingerprint density at radius 2 is 1.80 bits per heavy atom. The van der Waals surface area contributed by atoms with Gasteiger partial charge in [-0.3, -0.25) is 4.40 Å². The van der Waals surface area contributed by atoms with E-state index in [-0.39, 0.29) is 12.2 Å². The van der Waals surface area contributed by atoms with Crippen molar-refractivity contribution in [1.82, 2.24) is 9.38 Å². The van der Waals surface area contributed by atoms with E-state index >= 15 is 0 Å². The number of fused-ring (bicyclic) bond motifs is 1. The van der Waals surface area contributed by atoms with E-state index in [0.29, 0.717) is 6.61 Å². The molecule has 5 heteroatoms. The average molecular weight is 400 g/mol. The molecular formula is C25H24N2O3. The van der Waals surface area contributed by atoms with Crippen LogP contribution in [0.5, 0.6) is 5.75 Å². The summed E-state index contributed by atoms with van der Waals surface area (Å²) in [6.07, 6.45) is 3.41. The summed E-state index contributed by atoms with van der Waals surface area (Å²) in [5.74, 6) is 0.858. The van der Waals surface area contributed by atoms with Crippen molar-refractivity contribution in [2.45, 2.75) is 32.2 Å². The van der Waals surface area contributed by atoms with Gasteiger partial charge in [0.25, 0.3) is 0 Å². The van der Waals surface area contributed by atoms with E-state index in [9.17, 15) is 5.11 Å². The van der Waals surface area contributed by atoms with Crippen molar-refractivity contribution in [2.24, 2.45) is 0 Å². The standard InChI is InChI=1S/C25H24N2O3/c1-16(2)30-19-10-7-17(8-11-19)22-13-26-24-12-9-18(14-27(22)24)20-5-3-4-6-21(20)25-23(28)15-29-25/h3-14,16,23,25,28H,15H2,1-2H3. The summed E-state index contributed by atoms with van der Waals surface area (Å²) in [6, 6.07) is 20.3. The molecule has 0 bridgehead atoms. The molecule has 2 unspecified atom stereocenters. The van der Waals surface area contributed by atoms with Gasteiger partial charge in [-0.2, -0.15) is 0 Å². The molecule has 2 atom stereocenters. The van der Waals surface area contributed by atoms with E-state index in [2.05, 4.69) is 39.8 Å². The van der Waals surface area contributed by atoms with Crippen LogP contribution in [0.15, 0.2) is 73.1 Å². The van der Waals surface area contributed by atoms with Crippen LogP contribution in [0.1, 0.15) is 25.5 Å². The molecule has 1 fully saturated rings. The van der Waals surface area contributed by atoms with Crippen molar-refractivity contribution in [3.63, 3.8) is 0 Å². The van der Waals surface area contributed by atoms with Crippen molar-refractivity contribution in [3.05, 3.63) is 78.6 Å². The zero-order valence-corrected chi connectivity index (χ0v) is 17.0. The summed E-state index contributed by atoms with van der Waals surface area (Å²) in [5.41, 5.74) is 6.09. The van der Waals surface area contributed by atoms with Crippen LogP contribution < -0.4 is 4.74 Å². The molecule has 1 N–H and O–H groups in total. The third kappa shape index (κ3) is 3.36. The highest BCUT2D eigenvalue weighted by molar-refractivity contribution is 5.72. The number of benzene rings is 2. The number of nitrogens with zero attached hydrogens (tertiary/aromatic N) is 2. The second-order valence-electron chi connectivity index (χ2n) is 7.89. The van der Waals surface area contributed by atoms with Crippen molar-refractivity contribution >= 4 is 5.65 Å². The maximum atomic E-state index is 10.1. The van der Waals surface area contributed by atoms with Gasteiger partial charge >= 0.3 is 0 Å². The predicted octanol–water partition coefficient (Wildman–Crippen LogP) is 4.89. The van der Waals surface area contributed by atoms with E-state index in [4.69, 9.17) is 9.47 Å². The quantitative estimate of drug-likeness (QED) is 0.518. The topological polar surface area (TPSA) is 56.0 Å². The lowest BCUT2D eigenvalue weighted by molar-refractivity contribution is -0.165. The van der Waals surface area contributed by atoms with Crippen molar-refractivity contribution in [1.29, 1.82) is 0 Å². The Morgan fingerprint density at radius 1 is 1.03 bits per heavy atom. The number of aromatic nitrogens is 2. The van der Waals surface area contributed by atoms with Gasteiger partial charge in [0.05, 0.1) is 24.6 Å². The van der Waals surface area contributed by atoms with Gasteiger partial charge in [-0.1, -0.05) is 24.3 Å². The molecule has 5 rings (SSSR count). The fraction of sp³-hybridized carbons (Fsp3) is 0.240. The van der Waals surface area contributed by atoms with Crippen LogP contribution in [0.2, 0.25) is 0 Å². The van der Waals surface area contributed by atoms with Gasteiger partial charge in [-0.25, -0.2) is 4.98 Å². The Labute approximate surface area is 175 Å². The maximum absolute atomic E-state index is 10.1. The lowest BCUT2D eigenvalue weighted by Crippen LogP contribution is -2.37. The smallest absolute Gasteiger partial charge is 0.137 e. The molecule has 0 aliphatic carbocycles. The molecule has 2 aromatic heterocycles. The lowest BCUT2D eigenvalue weighted by Gasteiger charge is -2.34. The van der Waals surface area contributed by atoms with Gasteiger partial charge in [-0.05, 0) is 66.9 Å². The average Bonchev–Trinajstić information content (AvgIpc) is 3.16. The molecule has 30 heavy (non-hydrogen) atoms. The molecule has 0 spiro atoms. The monoisotopic (exact) mass is 400 g/mol. The second-order valence-corrected chi connectivity index (χ2v) is 7.89. The second kappa shape index (κ2) is 7.59. The first-order valence-corrected chi connectivity index (χ1v) is 10.2. The molecular weight excluding hydrogens is 376 g/mol. The predicted molar refractivity (Wildman–Crippen MR) is 117 cm³/mol. The number of aliphatic hydroxyl groups excluding tert-OH is 1. The Kier molecular flexibility index (Phi) is 4.77. The van der Waals surface area contributed by atoms with Crippen LogP contribution in [0.3, 0.4) is 0 Å². The zero-order valence-electron chi connectivity index (χ0n) is 17.0. The van der Waals surface area contributed by atoms with Gasteiger partial charge in [0.2, 0.25) is 0 Å². The fourth-order valence-corrected chi connectivity index (χ4v) is 3.91. The minimum atomic E-state index is -0.453. The Hall–Kier alpha value is -3.15. The van der Waals surface area contributed by atoms with Gasteiger partial charge in [0.1, 0.15) is 23.6 Å². The summed E-state index contributed by atoms with van der Waals surface area (Å²) in [7, 11) is 0. The minimum Gasteiger partial charge on any atom is -0.491 e. The maximum Gasteiger partial charge on any atom is 0.137 e. The van der Waals surface area contributed by atoms with Gasteiger partial charge in [-0.15, -0.1) is 0 Å². The molecule has 1 saturated heterocycles. The first-order chi connectivity index (χ1) is 14.6. The van der Waals surface area contributed by atoms with E-state index in [1.807, 2.05) is 56.4 Å². The summed E-state index contributed by atoms with van der Waals surface area (Å²) in [6.45, 7) is 4.43. The zero-order chi connectivity index (χ0) is 20.7. The molecule has 0 amide bonds. The van der Waals surface area contributed by atoms with E-state index in [0.717, 1.165) is 39.3 Å². The summed E-state index contributed by atoms with van der Waals surface area (Å²) < 4.78 is 13.5. The van der Waals surface area contributed by atoms with Crippen molar-refractivity contribution in [2.75, 3.05) is 6.61 Å². The summed E-state index contributed by atoms with van der Waals surface area (Å²) in [4.78, 5) is 4.56. The molecule has 5 nitrogen and oxygen atoms in total. The number of aliphatic hydroxyl groups is 1. The lowest BCUT2D eigenvalue weighted by atomic mass is 9.92. The molecule has 3 heterocycles. The van der Waals surface area contributed by atoms with Crippen LogP contribution in [0.4, 0.5) is 0 Å². The molecule has 1 aliphatic heterocycles. The third-order valence-electron chi connectivity index (χ3n) is 5.40. The normalized spacial score (nSPS) is 18.5. The number of hydrogen-bond donors (Lipinski definition) is 1. The van der Waals surface area contributed by atoms with Crippen LogP contribution in [0.25, 0.3) is 28.0 Å². The third-order valence-corrected chi connectivity index (χ3v) is 5.40. The van der Waals surface area contributed by atoms with Crippen molar-refractivity contribution < 1.29 is 14.6 Å². The molecule has 0 radical (unpaired) electrons. The number of hydrogen-bond acceptors (Lipinski definition) is 4. The highest BCUT2D eigenvalue weighted by Crippen LogP contribution is 2.37.